The number of carbonyl (C=O) groups is 1. The van der Waals surface area contributed by atoms with E-state index in [1.165, 1.54) is 24.3 Å². The highest BCUT2D eigenvalue weighted by molar-refractivity contribution is 7.80. The minimum atomic E-state index is -0.726. The van der Waals surface area contributed by atoms with E-state index in [4.69, 9.17) is 17.5 Å². The van der Waals surface area contributed by atoms with Crippen LogP contribution in [-0.4, -0.2) is 33.5 Å². The number of nitriles is 1. The number of benzene rings is 2. The number of fused-ring (bicyclic) bond motifs is 1. The van der Waals surface area contributed by atoms with Crippen molar-refractivity contribution >= 4 is 45.5 Å². The Kier molecular flexibility index (Phi) is 6.56. The first-order valence-corrected chi connectivity index (χ1v) is 9.40. The third-order valence-corrected chi connectivity index (χ3v) is 4.62. The summed E-state index contributed by atoms with van der Waals surface area (Å²) in [5.41, 5.74) is 2.39. The van der Waals surface area contributed by atoms with Gasteiger partial charge in [-0.2, -0.15) is 5.26 Å². The number of nitro benzene ring substituents is 1. The Hall–Kier alpha value is -3.97. The molecule has 1 aromatic heterocycles. The van der Waals surface area contributed by atoms with Gasteiger partial charge >= 0.3 is 0 Å². The maximum Gasteiger partial charge on any atom is 0.269 e. The van der Waals surface area contributed by atoms with E-state index in [0.717, 1.165) is 16.5 Å². The third-order valence-electron chi connectivity index (χ3n) is 4.40. The monoisotopic (exact) mass is 422 g/mol. The van der Waals surface area contributed by atoms with Crippen LogP contribution in [0, 0.1) is 21.4 Å². The van der Waals surface area contributed by atoms with Gasteiger partial charge in [-0.15, -0.1) is 0 Å². The fourth-order valence-electron chi connectivity index (χ4n) is 2.97. The molecule has 30 heavy (non-hydrogen) atoms. The zero-order valence-electron chi connectivity index (χ0n) is 15.7. The number of aromatic amines is 1. The third kappa shape index (κ3) is 5.09. The van der Waals surface area contributed by atoms with Crippen molar-refractivity contribution in [1.82, 2.24) is 15.6 Å². The van der Waals surface area contributed by atoms with Crippen molar-refractivity contribution in [3.05, 3.63) is 70.4 Å². The van der Waals surface area contributed by atoms with Gasteiger partial charge in [-0.3, -0.25) is 14.9 Å². The first-order chi connectivity index (χ1) is 14.5. The van der Waals surface area contributed by atoms with Crippen LogP contribution in [0.15, 0.2) is 54.7 Å². The van der Waals surface area contributed by atoms with Gasteiger partial charge in [0.05, 0.1) is 11.0 Å². The smallest absolute Gasteiger partial charge is 0.269 e. The summed E-state index contributed by atoms with van der Waals surface area (Å²) in [7, 11) is 0. The van der Waals surface area contributed by atoms with Gasteiger partial charge in [0.2, 0.25) is 5.91 Å². The van der Waals surface area contributed by atoms with Crippen LogP contribution in [0.25, 0.3) is 10.9 Å². The normalized spacial score (nSPS) is 11.3. The van der Waals surface area contributed by atoms with Crippen molar-refractivity contribution in [3.63, 3.8) is 0 Å². The topological polar surface area (TPSA) is 136 Å². The average molecular weight is 422 g/mol. The number of thiocarbonyl (C=S) groups is 1. The van der Waals surface area contributed by atoms with Crippen LogP contribution >= 0.6 is 12.2 Å². The number of amides is 1. The molecule has 9 nitrogen and oxygen atoms in total. The molecule has 1 atom stereocenters. The molecule has 1 amide bonds. The molecule has 0 aliphatic rings. The van der Waals surface area contributed by atoms with E-state index in [9.17, 15) is 14.9 Å². The molecular formula is C20H18N6O3S. The van der Waals surface area contributed by atoms with Crippen molar-refractivity contribution in [2.45, 2.75) is 12.5 Å². The molecular weight excluding hydrogens is 404 g/mol. The quantitative estimate of drug-likeness (QED) is 0.199. The molecule has 3 aromatic rings. The molecule has 1 heterocycles. The van der Waals surface area contributed by atoms with E-state index >= 15 is 0 Å². The molecule has 2 aromatic carbocycles. The van der Waals surface area contributed by atoms with Crippen LogP contribution in [0.5, 0.6) is 0 Å². The standard InChI is InChI=1S/C20H18N6O3S/c21-9-10-22-19(27)18(11-13-12-23-17-4-2-1-3-16(13)17)25-20(30)24-14-5-7-15(8-6-14)26(28)29/h1-8,12,18,23H,10-11H2,(H,22,27)(H2,24,25,30). The summed E-state index contributed by atoms with van der Waals surface area (Å²) < 4.78 is 0. The van der Waals surface area contributed by atoms with Gasteiger partial charge in [-0.1, -0.05) is 18.2 Å². The van der Waals surface area contributed by atoms with Gasteiger partial charge in [0.15, 0.2) is 5.11 Å². The van der Waals surface area contributed by atoms with Gasteiger partial charge in [-0.05, 0) is 36.0 Å². The first-order valence-electron chi connectivity index (χ1n) is 8.99. The number of H-pyrrole nitrogens is 1. The molecule has 0 saturated heterocycles. The second-order valence-corrected chi connectivity index (χ2v) is 6.80. The summed E-state index contributed by atoms with van der Waals surface area (Å²) in [6.07, 6.45) is 2.17. The molecule has 3 rings (SSSR count). The molecule has 0 fully saturated rings. The zero-order valence-corrected chi connectivity index (χ0v) is 16.5. The lowest BCUT2D eigenvalue weighted by atomic mass is 10.0. The molecule has 0 spiro atoms. The first kappa shape index (κ1) is 20.8. The van der Waals surface area contributed by atoms with E-state index in [2.05, 4.69) is 20.9 Å². The number of rotatable bonds is 7. The molecule has 1 unspecified atom stereocenters. The molecule has 4 N–H and O–H groups in total. The Morgan fingerprint density at radius 3 is 2.67 bits per heavy atom. The lowest BCUT2D eigenvalue weighted by Crippen LogP contribution is -2.49. The number of nitrogens with one attached hydrogen (secondary N) is 4. The van der Waals surface area contributed by atoms with E-state index in [0.29, 0.717) is 12.1 Å². The summed E-state index contributed by atoms with van der Waals surface area (Å²) in [4.78, 5) is 26.0. The maximum absolute atomic E-state index is 12.6. The summed E-state index contributed by atoms with van der Waals surface area (Å²) in [5.74, 6) is -0.366. The van der Waals surface area contributed by atoms with Crippen molar-refractivity contribution < 1.29 is 9.72 Å². The predicted molar refractivity (Wildman–Crippen MR) is 117 cm³/mol. The number of anilines is 1. The minimum absolute atomic E-state index is 0.0347. The molecule has 0 saturated carbocycles. The van der Waals surface area contributed by atoms with Gasteiger partial charge in [0, 0.05) is 41.3 Å². The molecule has 0 radical (unpaired) electrons. The van der Waals surface area contributed by atoms with Gasteiger partial charge in [0.25, 0.3) is 5.69 Å². The Labute approximate surface area is 177 Å². The molecule has 152 valence electrons. The van der Waals surface area contributed by atoms with Gasteiger partial charge in [-0.25, -0.2) is 0 Å². The number of aromatic nitrogens is 1. The Morgan fingerprint density at radius 1 is 1.23 bits per heavy atom. The molecule has 0 aliphatic carbocycles. The number of nitrogens with zero attached hydrogens (tertiary/aromatic N) is 2. The van der Waals surface area contributed by atoms with E-state index in [1.807, 2.05) is 36.5 Å². The Morgan fingerprint density at radius 2 is 1.97 bits per heavy atom. The van der Waals surface area contributed by atoms with Crippen molar-refractivity contribution in [3.8, 4) is 6.07 Å². The van der Waals surface area contributed by atoms with Crippen molar-refractivity contribution in [2.75, 3.05) is 11.9 Å². The number of non-ortho nitro benzene ring substituents is 1. The highest BCUT2D eigenvalue weighted by atomic mass is 32.1. The minimum Gasteiger partial charge on any atom is -0.361 e. The lowest BCUT2D eigenvalue weighted by Gasteiger charge is -2.20. The highest BCUT2D eigenvalue weighted by Gasteiger charge is 2.21. The lowest BCUT2D eigenvalue weighted by molar-refractivity contribution is -0.384. The summed E-state index contributed by atoms with van der Waals surface area (Å²) in [5, 5.41) is 29.1. The number of para-hydroxylation sites is 1. The van der Waals surface area contributed by atoms with Crippen LogP contribution in [0.2, 0.25) is 0 Å². The molecule has 0 aliphatic heterocycles. The van der Waals surface area contributed by atoms with Crippen LogP contribution in [-0.2, 0) is 11.2 Å². The van der Waals surface area contributed by atoms with Crippen molar-refractivity contribution in [2.24, 2.45) is 0 Å². The Balaban J connectivity index is 1.73. The average Bonchev–Trinajstić information content (AvgIpc) is 3.15. The second kappa shape index (κ2) is 9.49. The Bertz CT molecular complexity index is 1120. The van der Waals surface area contributed by atoms with Crippen LogP contribution < -0.4 is 16.0 Å². The summed E-state index contributed by atoms with van der Waals surface area (Å²) in [6, 6.07) is 14.6. The zero-order chi connectivity index (χ0) is 21.5. The SMILES string of the molecule is N#CCNC(=O)C(Cc1c[nH]c2ccccc12)NC(=S)Nc1ccc([N+](=O)[O-])cc1. The summed E-state index contributed by atoms with van der Waals surface area (Å²) >= 11 is 5.31. The van der Waals surface area contributed by atoms with Gasteiger partial charge in [0.1, 0.15) is 12.6 Å². The van der Waals surface area contributed by atoms with Gasteiger partial charge < -0.3 is 20.9 Å². The highest BCUT2D eigenvalue weighted by Crippen LogP contribution is 2.19. The van der Waals surface area contributed by atoms with Crippen LogP contribution in [0.1, 0.15) is 5.56 Å². The predicted octanol–water partition coefficient (Wildman–Crippen LogP) is 2.61. The van der Waals surface area contributed by atoms with E-state index in [1.54, 1.807) is 0 Å². The number of hydrogen-bond donors (Lipinski definition) is 4. The van der Waals surface area contributed by atoms with E-state index < -0.39 is 11.0 Å². The van der Waals surface area contributed by atoms with Crippen LogP contribution in [0.3, 0.4) is 0 Å². The van der Waals surface area contributed by atoms with Crippen molar-refractivity contribution in [1.29, 1.82) is 5.26 Å². The fourth-order valence-corrected chi connectivity index (χ4v) is 3.23. The maximum atomic E-state index is 12.6. The fraction of sp³-hybridized carbons (Fsp3) is 0.150. The number of nitro groups is 1. The number of hydrogen-bond acceptors (Lipinski definition) is 5. The van der Waals surface area contributed by atoms with E-state index in [-0.39, 0.29) is 23.3 Å². The molecule has 0 bridgehead atoms. The largest absolute Gasteiger partial charge is 0.361 e. The number of carbonyl (C=O) groups excluding carboxylic acids is 1. The second-order valence-electron chi connectivity index (χ2n) is 6.39. The van der Waals surface area contributed by atoms with Crippen LogP contribution in [0.4, 0.5) is 11.4 Å². The summed E-state index contributed by atoms with van der Waals surface area (Å²) in [6.45, 7) is -0.118. The molecule has 10 heteroatoms.